The Hall–Kier alpha value is -3.34. The number of fused-ring (bicyclic) bond motifs is 2. The van der Waals surface area contributed by atoms with Gasteiger partial charge in [-0.1, -0.05) is 77.8 Å². The topological polar surface area (TPSA) is 57.8 Å². The molecular formula is C26H19Cl2N3O. The highest BCUT2D eigenvalue weighted by molar-refractivity contribution is 6.54. The zero-order chi connectivity index (χ0) is 22.1. The van der Waals surface area contributed by atoms with Crippen LogP contribution in [0.3, 0.4) is 0 Å². The van der Waals surface area contributed by atoms with Gasteiger partial charge in [0.1, 0.15) is 0 Å². The number of aromatic amines is 1. The Balaban J connectivity index is 1.63. The van der Waals surface area contributed by atoms with Crippen molar-refractivity contribution in [3.8, 4) is 11.3 Å². The molecule has 5 aromatic rings. The number of para-hydroxylation sites is 3. The van der Waals surface area contributed by atoms with E-state index in [4.69, 9.17) is 28.2 Å². The number of H-pyrrole nitrogens is 1. The van der Waals surface area contributed by atoms with Crippen LogP contribution >= 0.6 is 23.2 Å². The van der Waals surface area contributed by atoms with Crippen LogP contribution in [-0.4, -0.2) is 20.7 Å². The van der Waals surface area contributed by atoms with Crippen molar-refractivity contribution in [3.05, 3.63) is 96.2 Å². The lowest BCUT2D eigenvalue weighted by Gasteiger charge is -2.14. The molecule has 6 heteroatoms. The van der Waals surface area contributed by atoms with E-state index < -0.39 is 10.7 Å². The van der Waals surface area contributed by atoms with Crippen molar-refractivity contribution in [2.24, 2.45) is 0 Å². The minimum Gasteiger partial charge on any atom is -0.354 e. The first-order valence-electron chi connectivity index (χ1n) is 10.2. The van der Waals surface area contributed by atoms with E-state index in [-0.39, 0.29) is 0 Å². The number of hydrogen-bond donors (Lipinski definition) is 2. The summed E-state index contributed by atoms with van der Waals surface area (Å²) in [7, 11) is 0. The van der Waals surface area contributed by atoms with Crippen LogP contribution in [0.2, 0.25) is 0 Å². The second kappa shape index (κ2) is 8.65. The summed E-state index contributed by atoms with van der Waals surface area (Å²) in [5.74, 6) is -0.455. The van der Waals surface area contributed by atoms with Gasteiger partial charge in [0.15, 0.2) is 4.84 Å². The first kappa shape index (κ1) is 20.6. The molecule has 32 heavy (non-hydrogen) atoms. The van der Waals surface area contributed by atoms with Crippen LogP contribution in [0, 0.1) is 0 Å². The second-order valence-corrected chi connectivity index (χ2v) is 8.67. The van der Waals surface area contributed by atoms with Crippen LogP contribution in [-0.2, 0) is 11.2 Å². The molecule has 5 rings (SSSR count). The van der Waals surface area contributed by atoms with Crippen LogP contribution in [0.15, 0.2) is 84.9 Å². The fraction of sp³-hybridized carbons (Fsp3) is 0.0769. The zero-order valence-corrected chi connectivity index (χ0v) is 18.5. The molecule has 4 nitrogen and oxygen atoms in total. The normalized spacial score (nSPS) is 11.3. The lowest BCUT2D eigenvalue weighted by Crippen LogP contribution is -2.19. The fourth-order valence-electron chi connectivity index (χ4n) is 3.91. The van der Waals surface area contributed by atoms with Gasteiger partial charge in [-0.05, 0) is 35.9 Å². The van der Waals surface area contributed by atoms with Crippen molar-refractivity contribution in [1.29, 1.82) is 0 Å². The van der Waals surface area contributed by atoms with Gasteiger partial charge in [-0.15, -0.1) is 0 Å². The summed E-state index contributed by atoms with van der Waals surface area (Å²) in [6.45, 7) is 0. The Morgan fingerprint density at radius 3 is 2.44 bits per heavy atom. The standard InChI is InChI=1S/C26H19Cl2N3O/c27-25(28)26(32)31-22-12-6-3-9-18(22)15-24-19(13-16-7-1-4-10-20(16)29-24)23-14-17-8-2-5-11-21(17)30-23/h1-14,25,30H,15H2,(H,31,32). The molecule has 2 heterocycles. The maximum Gasteiger partial charge on any atom is 0.257 e. The molecule has 2 aromatic heterocycles. The van der Waals surface area contributed by atoms with Crippen molar-refractivity contribution >= 4 is 56.6 Å². The molecule has 0 radical (unpaired) electrons. The van der Waals surface area contributed by atoms with Gasteiger partial charge in [0.2, 0.25) is 0 Å². The average molecular weight is 460 g/mol. The molecule has 0 aliphatic rings. The van der Waals surface area contributed by atoms with E-state index in [9.17, 15) is 4.79 Å². The number of benzene rings is 3. The van der Waals surface area contributed by atoms with E-state index >= 15 is 0 Å². The molecule has 0 unspecified atom stereocenters. The summed E-state index contributed by atoms with van der Waals surface area (Å²) >= 11 is 11.5. The van der Waals surface area contributed by atoms with Crippen LogP contribution < -0.4 is 5.32 Å². The van der Waals surface area contributed by atoms with E-state index in [0.29, 0.717) is 12.1 Å². The Morgan fingerprint density at radius 1 is 0.906 bits per heavy atom. The monoisotopic (exact) mass is 459 g/mol. The lowest BCUT2D eigenvalue weighted by atomic mass is 9.99. The number of halogens is 2. The summed E-state index contributed by atoms with van der Waals surface area (Å²) in [4.78, 5) is 19.5. The van der Waals surface area contributed by atoms with Crippen LogP contribution in [0.4, 0.5) is 5.69 Å². The van der Waals surface area contributed by atoms with Crippen molar-refractivity contribution < 1.29 is 4.79 Å². The average Bonchev–Trinajstić information content (AvgIpc) is 3.24. The number of aromatic nitrogens is 2. The van der Waals surface area contributed by atoms with Gasteiger partial charge in [0, 0.05) is 39.7 Å². The number of amides is 1. The highest BCUT2D eigenvalue weighted by Gasteiger charge is 2.16. The lowest BCUT2D eigenvalue weighted by molar-refractivity contribution is -0.114. The van der Waals surface area contributed by atoms with E-state index in [0.717, 1.165) is 44.3 Å². The smallest absolute Gasteiger partial charge is 0.257 e. The van der Waals surface area contributed by atoms with Crippen LogP contribution in [0.1, 0.15) is 11.3 Å². The zero-order valence-electron chi connectivity index (χ0n) is 17.0. The highest BCUT2D eigenvalue weighted by atomic mass is 35.5. The summed E-state index contributed by atoms with van der Waals surface area (Å²) < 4.78 is 0. The van der Waals surface area contributed by atoms with Gasteiger partial charge in [0.25, 0.3) is 5.91 Å². The predicted molar refractivity (Wildman–Crippen MR) is 132 cm³/mol. The first-order valence-corrected chi connectivity index (χ1v) is 11.1. The maximum atomic E-state index is 12.1. The molecule has 0 spiro atoms. The Kier molecular flexibility index (Phi) is 5.56. The molecule has 2 N–H and O–H groups in total. The number of carbonyl (C=O) groups is 1. The molecule has 0 aliphatic heterocycles. The molecule has 0 saturated heterocycles. The second-order valence-electron chi connectivity index (χ2n) is 7.57. The van der Waals surface area contributed by atoms with Gasteiger partial charge in [-0.2, -0.15) is 0 Å². The van der Waals surface area contributed by atoms with E-state index in [1.54, 1.807) is 0 Å². The van der Waals surface area contributed by atoms with Gasteiger partial charge in [-0.25, -0.2) is 0 Å². The molecular weight excluding hydrogens is 441 g/mol. The molecule has 3 aromatic carbocycles. The molecule has 0 atom stereocenters. The Labute approximate surface area is 195 Å². The minimum atomic E-state index is -1.14. The summed E-state index contributed by atoms with van der Waals surface area (Å²) in [5.41, 5.74) is 6.52. The summed E-state index contributed by atoms with van der Waals surface area (Å²) in [5, 5.41) is 5.02. The van der Waals surface area contributed by atoms with E-state index in [2.05, 4.69) is 40.6 Å². The molecule has 1 amide bonds. The van der Waals surface area contributed by atoms with Gasteiger partial charge in [-0.3, -0.25) is 9.78 Å². The molecule has 0 bridgehead atoms. The number of rotatable bonds is 5. The van der Waals surface area contributed by atoms with Crippen molar-refractivity contribution in [3.63, 3.8) is 0 Å². The number of anilines is 1. The summed E-state index contributed by atoms with van der Waals surface area (Å²) in [6.07, 6.45) is 0.529. The third-order valence-corrected chi connectivity index (χ3v) is 5.85. The predicted octanol–water partition coefficient (Wildman–Crippen LogP) is 6.72. The van der Waals surface area contributed by atoms with E-state index in [1.807, 2.05) is 54.6 Å². The number of hydrogen-bond acceptors (Lipinski definition) is 2. The number of nitrogens with one attached hydrogen (secondary N) is 2. The van der Waals surface area contributed by atoms with Crippen molar-refractivity contribution in [2.45, 2.75) is 11.3 Å². The SMILES string of the molecule is O=C(Nc1ccccc1Cc1nc2ccccc2cc1-c1cc2ccccc2[nH]1)C(Cl)Cl. The maximum absolute atomic E-state index is 12.1. The molecule has 158 valence electrons. The van der Waals surface area contributed by atoms with Crippen LogP contribution in [0.5, 0.6) is 0 Å². The number of nitrogens with zero attached hydrogens (tertiary/aromatic N) is 1. The molecule has 0 aliphatic carbocycles. The van der Waals surface area contributed by atoms with Gasteiger partial charge < -0.3 is 10.3 Å². The van der Waals surface area contributed by atoms with Gasteiger partial charge >= 0.3 is 0 Å². The Bertz CT molecular complexity index is 1410. The van der Waals surface area contributed by atoms with E-state index in [1.165, 1.54) is 0 Å². The third kappa shape index (κ3) is 4.07. The van der Waals surface area contributed by atoms with Gasteiger partial charge in [0.05, 0.1) is 11.2 Å². The number of carbonyl (C=O) groups excluding carboxylic acids is 1. The van der Waals surface area contributed by atoms with Crippen molar-refractivity contribution in [1.82, 2.24) is 9.97 Å². The number of alkyl halides is 2. The van der Waals surface area contributed by atoms with Crippen molar-refractivity contribution in [2.75, 3.05) is 5.32 Å². The number of pyridine rings is 1. The first-order chi connectivity index (χ1) is 15.6. The highest BCUT2D eigenvalue weighted by Crippen LogP contribution is 2.31. The third-order valence-electron chi connectivity index (χ3n) is 5.45. The fourth-order valence-corrected chi connectivity index (χ4v) is 4.02. The molecule has 0 fully saturated rings. The largest absolute Gasteiger partial charge is 0.354 e. The molecule has 0 saturated carbocycles. The summed E-state index contributed by atoms with van der Waals surface area (Å²) in [6, 6.07) is 28.2. The minimum absolute atomic E-state index is 0.455. The Morgan fingerprint density at radius 2 is 1.62 bits per heavy atom. The van der Waals surface area contributed by atoms with Crippen LogP contribution in [0.25, 0.3) is 33.1 Å². The quantitative estimate of drug-likeness (QED) is 0.286.